The van der Waals surface area contributed by atoms with Gasteiger partial charge in [-0.15, -0.1) is 11.3 Å². The lowest BCUT2D eigenvalue weighted by Gasteiger charge is -2.06. The summed E-state index contributed by atoms with van der Waals surface area (Å²) in [4.78, 5) is 20.7. The number of amides is 1. The number of hydrogen-bond acceptors (Lipinski definition) is 7. The Morgan fingerprint density at radius 2 is 1.81 bits per heavy atom. The van der Waals surface area contributed by atoms with E-state index in [4.69, 9.17) is 4.52 Å². The van der Waals surface area contributed by atoms with Crippen LogP contribution in [0.2, 0.25) is 0 Å². The standard InChI is InChI=1S/C21H15F3N4O2S2/c22-13-6-4-12(5-7-13)16-10-31-21(25-16)32-11-17-26-19(30-28-17)9-8-18(29)27-20-14(23)2-1-3-15(20)24/h1-7,10H,8-9,11H2,(H,27,29). The Balaban J connectivity index is 1.27. The van der Waals surface area contributed by atoms with E-state index in [1.54, 1.807) is 12.1 Å². The van der Waals surface area contributed by atoms with Crippen molar-refractivity contribution in [3.63, 3.8) is 0 Å². The van der Waals surface area contributed by atoms with E-state index in [-0.39, 0.29) is 24.5 Å². The summed E-state index contributed by atoms with van der Waals surface area (Å²) in [5.41, 5.74) is 1.09. The van der Waals surface area contributed by atoms with Gasteiger partial charge < -0.3 is 9.84 Å². The Bertz CT molecular complexity index is 1210. The number of hydrogen-bond donors (Lipinski definition) is 1. The number of anilines is 1. The van der Waals surface area contributed by atoms with Gasteiger partial charge in [-0.25, -0.2) is 18.2 Å². The molecule has 0 aliphatic heterocycles. The second kappa shape index (κ2) is 9.96. The van der Waals surface area contributed by atoms with Gasteiger partial charge in [-0.05, 0) is 36.4 Å². The molecule has 0 bridgehead atoms. The van der Waals surface area contributed by atoms with Gasteiger partial charge in [0.1, 0.15) is 23.1 Å². The summed E-state index contributed by atoms with van der Waals surface area (Å²) in [6.07, 6.45) is 0.0571. The third kappa shape index (κ3) is 5.54. The van der Waals surface area contributed by atoms with Crippen LogP contribution in [-0.4, -0.2) is 21.0 Å². The van der Waals surface area contributed by atoms with E-state index in [2.05, 4.69) is 20.4 Å². The van der Waals surface area contributed by atoms with Crippen molar-refractivity contribution in [3.8, 4) is 11.3 Å². The van der Waals surface area contributed by atoms with Crippen LogP contribution in [0.3, 0.4) is 0 Å². The Morgan fingerprint density at radius 1 is 1.06 bits per heavy atom. The molecule has 4 rings (SSSR count). The summed E-state index contributed by atoms with van der Waals surface area (Å²) in [6.45, 7) is 0. The largest absolute Gasteiger partial charge is 0.339 e. The third-order valence-electron chi connectivity index (χ3n) is 4.25. The monoisotopic (exact) mass is 476 g/mol. The SMILES string of the molecule is O=C(CCc1nc(CSc2nc(-c3ccc(F)cc3)cs2)no1)Nc1c(F)cccc1F. The lowest BCUT2D eigenvalue weighted by atomic mass is 10.2. The van der Waals surface area contributed by atoms with Gasteiger partial charge in [0, 0.05) is 23.8 Å². The first-order valence-electron chi connectivity index (χ1n) is 9.37. The van der Waals surface area contributed by atoms with E-state index in [0.717, 1.165) is 27.7 Å². The van der Waals surface area contributed by atoms with Gasteiger partial charge in [-0.2, -0.15) is 4.98 Å². The molecule has 0 fully saturated rings. The van der Waals surface area contributed by atoms with Crippen LogP contribution < -0.4 is 5.32 Å². The number of halogens is 3. The molecule has 2 aromatic heterocycles. The lowest BCUT2D eigenvalue weighted by molar-refractivity contribution is -0.116. The highest BCUT2D eigenvalue weighted by Gasteiger charge is 2.14. The van der Waals surface area contributed by atoms with Crippen molar-refractivity contribution in [2.24, 2.45) is 0 Å². The number of para-hydroxylation sites is 1. The first-order valence-corrected chi connectivity index (χ1v) is 11.2. The molecular formula is C21H15F3N4O2S2. The molecule has 11 heteroatoms. The Labute approximate surface area is 188 Å². The number of thioether (sulfide) groups is 1. The van der Waals surface area contributed by atoms with Gasteiger partial charge in [-0.3, -0.25) is 4.79 Å². The van der Waals surface area contributed by atoms with Crippen LogP contribution in [-0.2, 0) is 17.0 Å². The Hall–Kier alpha value is -3.18. The molecule has 0 aliphatic rings. The van der Waals surface area contributed by atoms with Crippen LogP contribution in [0.15, 0.2) is 56.7 Å². The predicted molar refractivity (Wildman–Crippen MR) is 115 cm³/mol. The topological polar surface area (TPSA) is 80.9 Å². The van der Waals surface area contributed by atoms with Crippen molar-refractivity contribution in [1.82, 2.24) is 15.1 Å². The molecule has 0 unspecified atom stereocenters. The number of thiazole rings is 1. The zero-order chi connectivity index (χ0) is 22.5. The average molecular weight is 477 g/mol. The number of benzene rings is 2. The molecule has 32 heavy (non-hydrogen) atoms. The molecule has 164 valence electrons. The number of carbonyl (C=O) groups is 1. The molecule has 0 aliphatic carbocycles. The molecule has 2 aromatic carbocycles. The maximum Gasteiger partial charge on any atom is 0.227 e. The highest BCUT2D eigenvalue weighted by atomic mass is 32.2. The van der Waals surface area contributed by atoms with E-state index in [9.17, 15) is 18.0 Å². The summed E-state index contributed by atoms with van der Waals surface area (Å²) >= 11 is 2.87. The molecule has 4 aromatic rings. The average Bonchev–Trinajstić information content (AvgIpc) is 3.44. The smallest absolute Gasteiger partial charge is 0.227 e. The zero-order valence-electron chi connectivity index (χ0n) is 16.3. The maximum absolute atomic E-state index is 13.6. The zero-order valence-corrected chi connectivity index (χ0v) is 18.0. The number of nitrogens with zero attached hydrogens (tertiary/aromatic N) is 3. The molecule has 0 spiro atoms. The van der Waals surface area contributed by atoms with Crippen LogP contribution >= 0.6 is 23.1 Å². The van der Waals surface area contributed by atoms with Crippen molar-refractivity contribution in [1.29, 1.82) is 0 Å². The molecule has 2 heterocycles. The first-order chi connectivity index (χ1) is 15.5. The van der Waals surface area contributed by atoms with E-state index in [1.165, 1.54) is 41.3 Å². The minimum atomic E-state index is -0.847. The van der Waals surface area contributed by atoms with Gasteiger partial charge in [0.05, 0.1) is 11.4 Å². The van der Waals surface area contributed by atoms with Gasteiger partial charge in [0.25, 0.3) is 0 Å². The van der Waals surface area contributed by atoms with Crippen molar-refractivity contribution in [2.45, 2.75) is 22.9 Å². The molecule has 1 amide bonds. The van der Waals surface area contributed by atoms with Crippen molar-refractivity contribution in [2.75, 3.05) is 5.32 Å². The number of aromatic nitrogens is 3. The fourth-order valence-electron chi connectivity index (χ4n) is 2.69. The van der Waals surface area contributed by atoms with Crippen molar-refractivity contribution in [3.05, 3.63) is 77.0 Å². The Kier molecular flexibility index (Phi) is 6.86. The highest BCUT2D eigenvalue weighted by molar-refractivity contribution is 8.00. The number of carbonyl (C=O) groups excluding carboxylic acids is 1. The maximum atomic E-state index is 13.6. The van der Waals surface area contributed by atoms with Crippen LogP contribution in [0.1, 0.15) is 18.1 Å². The summed E-state index contributed by atoms with van der Waals surface area (Å²) in [6, 6.07) is 9.44. The molecule has 0 saturated heterocycles. The fourth-order valence-corrected chi connectivity index (χ4v) is 4.37. The molecule has 0 saturated carbocycles. The third-order valence-corrected chi connectivity index (χ3v) is 6.27. The predicted octanol–water partition coefficient (Wildman–Crippen LogP) is 5.47. The second-order valence-corrected chi connectivity index (χ2v) is 8.62. The minimum absolute atomic E-state index is 0.0734. The van der Waals surface area contributed by atoms with Crippen LogP contribution in [0.4, 0.5) is 18.9 Å². The van der Waals surface area contributed by atoms with Gasteiger partial charge in [-0.1, -0.05) is 23.0 Å². The molecule has 0 atom stereocenters. The van der Waals surface area contributed by atoms with Crippen LogP contribution in [0.25, 0.3) is 11.3 Å². The lowest BCUT2D eigenvalue weighted by Crippen LogP contribution is -2.14. The van der Waals surface area contributed by atoms with Gasteiger partial charge in [0.15, 0.2) is 10.2 Å². The summed E-state index contributed by atoms with van der Waals surface area (Å²) in [7, 11) is 0. The highest BCUT2D eigenvalue weighted by Crippen LogP contribution is 2.30. The van der Waals surface area contributed by atoms with E-state index in [1.807, 2.05) is 5.38 Å². The molecular weight excluding hydrogens is 461 g/mol. The molecule has 6 nitrogen and oxygen atoms in total. The van der Waals surface area contributed by atoms with Crippen molar-refractivity contribution < 1.29 is 22.5 Å². The summed E-state index contributed by atoms with van der Waals surface area (Å²) < 4.78 is 46.2. The quantitative estimate of drug-likeness (QED) is 0.340. The fraction of sp³-hybridized carbons (Fsp3) is 0.143. The van der Waals surface area contributed by atoms with Crippen LogP contribution in [0.5, 0.6) is 0 Å². The van der Waals surface area contributed by atoms with Crippen LogP contribution in [0, 0.1) is 17.5 Å². The normalized spacial score (nSPS) is 11.0. The summed E-state index contributed by atoms with van der Waals surface area (Å²) in [5.74, 6) is -1.48. The minimum Gasteiger partial charge on any atom is -0.339 e. The van der Waals surface area contributed by atoms with E-state index in [0.29, 0.717) is 11.6 Å². The Morgan fingerprint density at radius 3 is 2.56 bits per heavy atom. The van der Waals surface area contributed by atoms with Crippen molar-refractivity contribution >= 4 is 34.7 Å². The van der Waals surface area contributed by atoms with E-state index >= 15 is 0 Å². The van der Waals surface area contributed by atoms with E-state index < -0.39 is 23.2 Å². The molecule has 0 radical (unpaired) electrons. The second-order valence-electron chi connectivity index (χ2n) is 6.54. The molecule has 1 N–H and O–H groups in total. The number of aryl methyl sites for hydroxylation is 1. The first kappa shape index (κ1) is 22.0. The van der Waals surface area contributed by atoms with Gasteiger partial charge in [0.2, 0.25) is 11.8 Å². The summed E-state index contributed by atoms with van der Waals surface area (Å²) in [5, 5.41) is 7.97. The number of rotatable bonds is 8. The number of nitrogens with one attached hydrogen (secondary N) is 1. The van der Waals surface area contributed by atoms with Gasteiger partial charge >= 0.3 is 0 Å².